The number of rotatable bonds is 6. The van der Waals surface area contributed by atoms with Crippen LogP contribution in [0.2, 0.25) is 0 Å². The van der Waals surface area contributed by atoms with Crippen molar-refractivity contribution < 1.29 is 17.8 Å². The van der Waals surface area contributed by atoms with Crippen LogP contribution in [-0.2, 0) is 21.3 Å². The molecule has 0 saturated heterocycles. The quantitative estimate of drug-likeness (QED) is 0.561. The van der Waals surface area contributed by atoms with E-state index in [0.29, 0.717) is 6.42 Å². The Balaban J connectivity index is 1.94. The number of amides is 1. The fourth-order valence-corrected chi connectivity index (χ4v) is 2.42. The second kappa shape index (κ2) is 6.25. The number of benzene rings is 1. The molecule has 5 N–H and O–H groups in total. The highest BCUT2D eigenvalue weighted by atomic mass is 32.2. The van der Waals surface area contributed by atoms with Crippen LogP contribution in [0.3, 0.4) is 0 Å². The van der Waals surface area contributed by atoms with Crippen molar-refractivity contribution in [2.75, 3.05) is 12.3 Å². The van der Waals surface area contributed by atoms with Gasteiger partial charge in [0, 0.05) is 23.6 Å². The van der Waals surface area contributed by atoms with E-state index in [4.69, 9.17) is 10.3 Å². The molecule has 1 aromatic carbocycles. The smallest absolute Gasteiger partial charge is 0.266 e. The third-order valence-electron chi connectivity index (χ3n) is 3.11. The van der Waals surface area contributed by atoms with Crippen molar-refractivity contribution in [2.45, 2.75) is 12.5 Å². The molecule has 0 fully saturated rings. The van der Waals surface area contributed by atoms with Gasteiger partial charge in [0.2, 0.25) is 5.91 Å². The maximum atomic E-state index is 11.8. The molecule has 0 spiro atoms. The second-order valence-corrected chi connectivity index (χ2v) is 6.32. The highest BCUT2D eigenvalue weighted by Gasteiger charge is 2.16. The van der Waals surface area contributed by atoms with Gasteiger partial charge in [-0.05, 0) is 18.1 Å². The number of hydrogen-bond donors (Lipinski definition) is 4. The molecular formula is C13H17N3O4S. The Kier molecular flexibility index (Phi) is 4.61. The van der Waals surface area contributed by atoms with Gasteiger partial charge < -0.3 is 16.0 Å². The zero-order chi connectivity index (χ0) is 15.5. The number of carbonyl (C=O) groups is 1. The largest absolute Gasteiger partial charge is 0.361 e. The molecule has 1 aromatic heterocycles. The molecule has 21 heavy (non-hydrogen) atoms. The molecular weight excluding hydrogens is 294 g/mol. The summed E-state index contributed by atoms with van der Waals surface area (Å²) >= 11 is 0. The Morgan fingerprint density at radius 3 is 2.81 bits per heavy atom. The first kappa shape index (κ1) is 15.5. The lowest BCUT2D eigenvalue weighted by Gasteiger charge is -2.11. The minimum atomic E-state index is -4.08. The summed E-state index contributed by atoms with van der Waals surface area (Å²) < 4.78 is 29.7. The Morgan fingerprint density at radius 1 is 1.38 bits per heavy atom. The molecule has 0 radical (unpaired) electrons. The van der Waals surface area contributed by atoms with E-state index in [1.165, 1.54) is 0 Å². The highest BCUT2D eigenvalue weighted by Crippen LogP contribution is 2.18. The second-order valence-electron chi connectivity index (χ2n) is 4.75. The van der Waals surface area contributed by atoms with Crippen LogP contribution in [0.4, 0.5) is 0 Å². The van der Waals surface area contributed by atoms with Crippen molar-refractivity contribution in [3.05, 3.63) is 36.0 Å². The minimum Gasteiger partial charge on any atom is -0.361 e. The fourth-order valence-electron chi connectivity index (χ4n) is 2.06. The number of hydrogen-bond acceptors (Lipinski definition) is 4. The molecule has 1 unspecified atom stereocenters. The number of aromatic amines is 1. The molecule has 0 aliphatic rings. The van der Waals surface area contributed by atoms with E-state index in [1.54, 1.807) is 6.20 Å². The van der Waals surface area contributed by atoms with E-state index in [2.05, 4.69) is 10.3 Å². The zero-order valence-corrected chi connectivity index (χ0v) is 12.1. The van der Waals surface area contributed by atoms with E-state index in [9.17, 15) is 13.2 Å². The molecule has 2 rings (SSSR count). The van der Waals surface area contributed by atoms with Gasteiger partial charge in [0.15, 0.2) is 0 Å². The fraction of sp³-hybridized carbons (Fsp3) is 0.308. The maximum Gasteiger partial charge on any atom is 0.266 e. The SMILES string of the molecule is NC(Cc1c[nH]c2ccccc12)C(=O)NCCS(=O)(=O)O. The van der Waals surface area contributed by atoms with Crippen LogP contribution in [-0.4, -0.2) is 42.2 Å². The third kappa shape index (κ3) is 4.28. The average Bonchev–Trinajstić information content (AvgIpc) is 2.80. The van der Waals surface area contributed by atoms with E-state index in [0.717, 1.165) is 16.5 Å². The van der Waals surface area contributed by atoms with Crippen LogP contribution < -0.4 is 11.1 Å². The Hall–Kier alpha value is -1.90. The summed E-state index contributed by atoms with van der Waals surface area (Å²) in [7, 11) is -4.08. The van der Waals surface area contributed by atoms with Crippen molar-refractivity contribution in [2.24, 2.45) is 5.73 Å². The number of carbonyl (C=O) groups excluding carboxylic acids is 1. The van der Waals surface area contributed by atoms with Crippen LogP contribution in [0.1, 0.15) is 5.56 Å². The standard InChI is InChI=1S/C13H17N3O4S/c14-11(13(17)15-5-6-21(18,19)20)7-9-8-16-12-4-2-1-3-10(9)12/h1-4,8,11,16H,5-7,14H2,(H,15,17)(H,18,19,20). The molecule has 1 atom stereocenters. The van der Waals surface area contributed by atoms with Gasteiger partial charge >= 0.3 is 0 Å². The molecule has 114 valence electrons. The predicted molar refractivity (Wildman–Crippen MR) is 79.4 cm³/mol. The van der Waals surface area contributed by atoms with Gasteiger partial charge in [0.05, 0.1) is 11.8 Å². The number of para-hydroxylation sites is 1. The van der Waals surface area contributed by atoms with Crippen molar-refractivity contribution >= 4 is 26.9 Å². The van der Waals surface area contributed by atoms with Crippen LogP contribution >= 0.6 is 0 Å². The first-order valence-corrected chi connectivity index (χ1v) is 8.01. The van der Waals surface area contributed by atoms with E-state index < -0.39 is 27.8 Å². The molecule has 0 aliphatic carbocycles. The van der Waals surface area contributed by atoms with Gasteiger partial charge in [-0.25, -0.2) is 0 Å². The number of fused-ring (bicyclic) bond motifs is 1. The zero-order valence-electron chi connectivity index (χ0n) is 11.2. The van der Waals surface area contributed by atoms with Gasteiger partial charge in [-0.15, -0.1) is 0 Å². The van der Waals surface area contributed by atoms with Crippen LogP contribution in [0.5, 0.6) is 0 Å². The van der Waals surface area contributed by atoms with Gasteiger partial charge in [0.25, 0.3) is 10.1 Å². The van der Waals surface area contributed by atoms with Gasteiger partial charge in [-0.3, -0.25) is 9.35 Å². The summed E-state index contributed by atoms with van der Waals surface area (Å²) in [5, 5.41) is 3.38. The lowest BCUT2D eigenvalue weighted by Crippen LogP contribution is -2.43. The van der Waals surface area contributed by atoms with E-state index >= 15 is 0 Å². The topological polar surface area (TPSA) is 125 Å². The summed E-state index contributed by atoms with van der Waals surface area (Å²) in [6, 6.07) is 6.88. The predicted octanol–water partition coefficient (Wildman–Crippen LogP) is 0.0417. The number of aromatic nitrogens is 1. The van der Waals surface area contributed by atoms with E-state index in [1.807, 2.05) is 24.3 Å². The van der Waals surface area contributed by atoms with Crippen molar-refractivity contribution in [3.63, 3.8) is 0 Å². The van der Waals surface area contributed by atoms with Crippen LogP contribution in [0.25, 0.3) is 10.9 Å². The van der Waals surface area contributed by atoms with Crippen molar-refractivity contribution in [1.29, 1.82) is 0 Å². The number of nitrogens with two attached hydrogens (primary N) is 1. The summed E-state index contributed by atoms with van der Waals surface area (Å²) in [6.45, 7) is -0.167. The summed E-state index contributed by atoms with van der Waals surface area (Å²) in [5.74, 6) is -0.984. The molecule has 8 heteroatoms. The molecule has 7 nitrogen and oxygen atoms in total. The first-order valence-electron chi connectivity index (χ1n) is 6.40. The molecule has 0 saturated carbocycles. The Morgan fingerprint density at radius 2 is 2.10 bits per heavy atom. The Bertz CT molecular complexity index is 739. The minimum absolute atomic E-state index is 0.167. The monoisotopic (exact) mass is 311 g/mol. The lowest BCUT2D eigenvalue weighted by atomic mass is 10.1. The molecule has 1 amide bonds. The normalized spacial score (nSPS) is 13.2. The van der Waals surface area contributed by atoms with E-state index in [-0.39, 0.29) is 6.54 Å². The molecule has 0 bridgehead atoms. The van der Waals surface area contributed by atoms with Gasteiger partial charge in [-0.1, -0.05) is 18.2 Å². The molecule has 2 aromatic rings. The Labute approximate surface area is 122 Å². The lowest BCUT2D eigenvalue weighted by molar-refractivity contribution is -0.122. The summed E-state index contributed by atoms with van der Waals surface area (Å²) in [5.41, 5.74) is 7.70. The maximum absolute atomic E-state index is 11.8. The average molecular weight is 311 g/mol. The van der Waals surface area contributed by atoms with Crippen molar-refractivity contribution in [1.82, 2.24) is 10.3 Å². The third-order valence-corrected chi connectivity index (χ3v) is 3.83. The van der Waals surface area contributed by atoms with Crippen LogP contribution in [0.15, 0.2) is 30.5 Å². The van der Waals surface area contributed by atoms with Crippen molar-refractivity contribution in [3.8, 4) is 0 Å². The summed E-state index contributed by atoms with van der Waals surface area (Å²) in [6.07, 6.45) is 2.14. The molecule has 0 aliphatic heterocycles. The van der Waals surface area contributed by atoms with Crippen LogP contribution in [0, 0.1) is 0 Å². The number of nitrogens with one attached hydrogen (secondary N) is 2. The molecule has 1 heterocycles. The van der Waals surface area contributed by atoms with Gasteiger partial charge in [0.1, 0.15) is 0 Å². The number of H-pyrrole nitrogens is 1. The summed E-state index contributed by atoms with van der Waals surface area (Å²) in [4.78, 5) is 14.9. The van der Waals surface area contributed by atoms with Gasteiger partial charge in [-0.2, -0.15) is 8.42 Å². The highest BCUT2D eigenvalue weighted by molar-refractivity contribution is 7.85. The first-order chi connectivity index (χ1) is 9.87.